The molecule has 0 spiro atoms. The highest BCUT2D eigenvalue weighted by Gasteiger charge is 2.30. The zero-order chi connectivity index (χ0) is 12.4. The molecule has 2 rings (SSSR count). The summed E-state index contributed by atoms with van der Waals surface area (Å²) in [4.78, 5) is 22.2. The highest BCUT2D eigenvalue weighted by Crippen LogP contribution is 2.36. The lowest BCUT2D eigenvalue weighted by Gasteiger charge is -2.16. The number of hydrogen-bond donors (Lipinski definition) is 2. The maximum Gasteiger partial charge on any atom is 0.330 e. The van der Waals surface area contributed by atoms with E-state index < -0.39 is 12.0 Å². The van der Waals surface area contributed by atoms with Gasteiger partial charge in [0.1, 0.15) is 6.04 Å². The van der Waals surface area contributed by atoms with Gasteiger partial charge in [-0.25, -0.2) is 4.79 Å². The van der Waals surface area contributed by atoms with E-state index in [1.54, 1.807) is 12.3 Å². The normalized spacial score (nSPS) is 19.2. The van der Waals surface area contributed by atoms with Crippen molar-refractivity contribution in [1.82, 2.24) is 5.32 Å². The van der Waals surface area contributed by atoms with Crippen LogP contribution in [0.2, 0.25) is 0 Å². The fraction of sp³-hybridized carbons (Fsp3) is 0.333. The Hall–Kier alpha value is -2.04. The first-order valence-electron chi connectivity index (χ1n) is 5.34. The van der Waals surface area contributed by atoms with Gasteiger partial charge in [-0.1, -0.05) is 0 Å². The Kier molecular flexibility index (Phi) is 2.99. The lowest BCUT2D eigenvalue weighted by molar-refractivity contribution is -0.140. The number of hydrogen-bond acceptors (Lipinski definition) is 3. The van der Waals surface area contributed by atoms with Gasteiger partial charge in [0.25, 0.3) is 0 Å². The van der Waals surface area contributed by atoms with Gasteiger partial charge in [-0.2, -0.15) is 0 Å². The van der Waals surface area contributed by atoms with Gasteiger partial charge in [0, 0.05) is 6.92 Å². The Bertz CT molecular complexity index is 459. The van der Waals surface area contributed by atoms with Crippen LogP contribution in [0.1, 0.15) is 19.8 Å². The van der Waals surface area contributed by atoms with E-state index in [1.807, 2.05) is 0 Å². The van der Waals surface area contributed by atoms with Crippen molar-refractivity contribution in [2.24, 2.45) is 0 Å². The second kappa shape index (κ2) is 4.45. The second-order valence-corrected chi connectivity index (χ2v) is 3.99. The number of fused-ring (bicyclic) bond motifs is 1. The molecular weight excluding hydrogens is 222 g/mol. The van der Waals surface area contributed by atoms with Crippen LogP contribution in [0, 0.1) is 0 Å². The number of carboxylic acids is 1. The molecule has 1 unspecified atom stereocenters. The van der Waals surface area contributed by atoms with Crippen molar-refractivity contribution in [3.63, 3.8) is 0 Å². The standard InChI is InChI=1S/C12H13NO4/c1-7(14)13-11(12(15)16)10-3-2-8-6-17-5-4-9(8)10/h4-6,11H,2-3H2,1H3,(H,13,14)(H,15,16). The Morgan fingerprint density at radius 1 is 1.47 bits per heavy atom. The van der Waals surface area contributed by atoms with Crippen LogP contribution in [0.3, 0.4) is 0 Å². The van der Waals surface area contributed by atoms with Crippen molar-refractivity contribution in [1.29, 1.82) is 0 Å². The molecule has 17 heavy (non-hydrogen) atoms. The Morgan fingerprint density at radius 2 is 2.24 bits per heavy atom. The third-order valence-corrected chi connectivity index (χ3v) is 2.82. The molecule has 2 aliphatic rings. The van der Waals surface area contributed by atoms with E-state index in [4.69, 9.17) is 9.84 Å². The summed E-state index contributed by atoms with van der Waals surface area (Å²) in [6.45, 7) is 1.31. The molecule has 5 nitrogen and oxygen atoms in total. The van der Waals surface area contributed by atoms with Crippen LogP contribution >= 0.6 is 0 Å². The molecule has 1 aliphatic carbocycles. The number of nitrogens with one attached hydrogen (secondary N) is 1. The average Bonchev–Trinajstić information content (AvgIpc) is 2.69. The molecule has 1 heterocycles. The fourth-order valence-corrected chi connectivity index (χ4v) is 2.11. The molecule has 0 bridgehead atoms. The summed E-state index contributed by atoms with van der Waals surface area (Å²) in [7, 11) is 0. The van der Waals surface area contributed by atoms with E-state index in [0.717, 1.165) is 23.1 Å². The van der Waals surface area contributed by atoms with Crippen LogP contribution in [0.5, 0.6) is 0 Å². The van der Waals surface area contributed by atoms with Crippen molar-refractivity contribution in [2.45, 2.75) is 25.8 Å². The SMILES string of the molecule is CC(=O)NC(C(=O)O)C1=C2C=COC=C2CC1. The van der Waals surface area contributed by atoms with E-state index in [1.165, 1.54) is 13.2 Å². The van der Waals surface area contributed by atoms with E-state index >= 15 is 0 Å². The molecule has 0 radical (unpaired) electrons. The lowest BCUT2D eigenvalue weighted by atomic mass is 10.0. The van der Waals surface area contributed by atoms with Crippen molar-refractivity contribution < 1.29 is 19.4 Å². The fourth-order valence-electron chi connectivity index (χ4n) is 2.11. The van der Waals surface area contributed by atoms with E-state index in [9.17, 15) is 9.59 Å². The monoisotopic (exact) mass is 235 g/mol. The predicted octanol–water partition coefficient (Wildman–Crippen LogP) is 1.09. The van der Waals surface area contributed by atoms with Crippen LogP contribution in [0.15, 0.2) is 35.3 Å². The second-order valence-electron chi connectivity index (χ2n) is 3.99. The molecule has 1 atom stereocenters. The highest BCUT2D eigenvalue weighted by atomic mass is 16.5. The van der Waals surface area contributed by atoms with Crippen LogP contribution in [0.4, 0.5) is 0 Å². The van der Waals surface area contributed by atoms with E-state index in [2.05, 4.69) is 5.32 Å². The minimum Gasteiger partial charge on any atom is -0.479 e. The number of carbonyl (C=O) groups is 2. The number of carbonyl (C=O) groups excluding carboxylic acids is 1. The van der Waals surface area contributed by atoms with Gasteiger partial charge in [-0.15, -0.1) is 0 Å². The first-order chi connectivity index (χ1) is 8.09. The van der Waals surface area contributed by atoms with Gasteiger partial charge in [-0.3, -0.25) is 4.79 Å². The molecule has 5 heteroatoms. The van der Waals surface area contributed by atoms with Gasteiger partial charge in [-0.05, 0) is 35.6 Å². The Labute approximate surface area is 98.5 Å². The van der Waals surface area contributed by atoms with Gasteiger partial charge >= 0.3 is 5.97 Å². The maximum atomic E-state index is 11.2. The van der Waals surface area contributed by atoms with Crippen molar-refractivity contribution in [3.8, 4) is 0 Å². The topological polar surface area (TPSA) is 75.6 Å². The number of carboxylic acid groups (broad SMARTS) is 1. The lowest BCUT2D eigenvalue weighted by Crippen LogP contribution is -2.41. The third kappa shape index (κ3) is 2.22. The van der Waals surface area contributed by atoms with Crippen LogP contribution in [-0.4, -0.2) is 23.0 Å². The summed E-state index contributed by atoms with van der Waals surface area (Å²) >= 11 is 0. The minimum absolute atomic E-state index is 0.348. The van der Waals surface area contributed by atoms with Crippen LogP contribution in [-0.2, 0) is 14.3 Å². The Balaban J connectivity index is 2.33. The molecule has 0 aromatic carbocycles. The molecule has 0 fully saturated rings. The summed E-state index contributed by atoms with van der Waals surface area (Å²) in [5.41, 5.74) is 2.59. The van der Waals surface area contributed by atoms with E-state index in [0.29, 0.717) is 6.42 Å². The predicted molar refractivity (Wildman–Crippen MR) is 59.8 cm³/mol. The molecule has 1 aliphatic heterocycles. The molecular formula is C12H13NO4. The highest BCUT2D eigenvalue weighted by molar-refractivity contribution is 5.85. The quantitative estimate of drug-likeness (QED) is 0.767. The first kappa shape index (κ1) is 11.4. The molecule has 0 saturated carbocycles. The zero-order valence-electron chi connectivity index (χ0n) is 9.40. The first-order valence-corrected chi connectivity index (χ1v) is 5.34. The number of rotatable bonds is 3. The smallest absolute Gasteiger partial charge is 0.330 e. The molecule has 1 amide bonds. The molecule has 2 N–H and O–H groups in total. The zero-order valence-corrected chi connectivity index (χ0v) is 9.40. The number of ether oxygens (including phenoxy) is 1. The Morgan fingerprint density at radius 3 is 2.88 bits per heavy atom. The summed E-state index contributed by atoms with van der Waals surface area (Å²) in [6, 6.07) is -0.948. The van der Waals surface area contributed by atoms with Gasteiger partial charge < -0.3 is 15.2 Å². The maximum absolute atomic E-state index is 11.2. The largest absolute Gasteiger partial charge is 0.479 e. The summed E-state index contributed by atoms with van der Waals surface area (Å²) < 4.78 is 5.04. The minimum atomic E-state index is -1.04. The number of amides is 1. The van der Waals surface area contributed by atoms with Gasteiger partial charge in [0.05, 0.1) is 12.5 Å². The van der Waals surface area contributed by atoms with Gasteiger partial charge in [0.2, 0.25) is 5.91 Å². The molecule has 0 aromatic heterocycles. The van der Waals surface area contributed by atoms with Crippen molar-refractivity contribution in [2.75, 3.05) is 0 Å². The number of allylic oxidation sites excluding steroid dienone is 3. The van der Waals surface area contributed by atoms with E-state index in [-0.39, 0.29) is 5.91 Å². The molecule has 0 saturated heterocycles. The van der Waals surface area contributed by atoms with Crippen LogP contribution in [0.25, 0.3) is 0 Å². The molecule has 0 aromatic rings. The molecule has 90 valence electrons. The third-order valence-electron chi connectivity index (χ3n) is 2.82. The van der Waals surface area contributed by atoms with Gasteiger partial charge in [0.15, 0.2) is 0 Å². The van der Waals surface area contributed by atoms with Crippen LogP contribution < -0.4 is 5.32 Å². The number of aliphatic carboxylic acids is 1. The summed E-state index contributed by atoms with van der Waals surface area (Å²) in [5.74, 6) is -1.39. The van der Waals surface area contributed by atoms with Crippen molar-refractivity contribution in [3.05, 3.63) is 35.3 Å². The van der Waals surface area contributed by atoms with Crippen molar-refractivity contribution >= 4 is 11.9 Å². The summed E-state index contributed by atoms with van der Waals surface area (Å²) in [5, 5.41) is 11.6. The average molecular weight is 235 g/mol. The summed E-state index contributed by atoms with van der Waals surface area (Å²) in [6.07, 6.45) is 6.26.